The lowest BCUT2D eigenvalue weighted by Gasteiger charge is -2.25. The first-order chi connectivity index (χ1) is 15.8. The summed E-state index contributed by atoms with van der Waals surface area (Å²) in [6.07, 6.45) is 10.5. The first-order valence-electron chi connectivity index (χ1n) is 13.0. The molecule has 0 heterocycles. The zero-order valence-corrected chi connectivity index (χ0v) is 22.5. The molecule has 0 amide bonds. The van der Waals surface area contributed by atoms with Gasteiger partial charge < -0.3 is 15.4 Å². The number of aliphatic imine (C=N–C) groups is 1. The number of Topliss-reactive ketones (excluding diaryl/α,β-unsaturated/α-hetero) is 1. The van der Waals surface area contributed by atoms with Crippen LogP contribution in [0.25, 0.3) is 0 Å². The third kappa shape index (κ3) is 10.3. The molecular formula is C28H49N3O2. The highest BCUT2D eigenvalue weighted by atomic mass is 16.5. The molecule has 188 valence electrons. The Balaban J connectivity index is 2.97. The third-order valence-corrected chi connectivity index (χ3v) is 6.41. The molecule has 1 aliphatic carbocycles. The van der Waals surface area contributed by atoms with Crippen LogP contribution in [0.2, 0.25) is 0 Å². The minimum Gasteiger partial charge on any atom is -0.497 e. The predicted octanol–water partition coefficient (Wildman–Crippen LogP) is 6.53. The third-order valence-electron chi connectivity index (χ3n) is 6.41. The van der Waals surface area contributed by atoms with Crippen molar-refractivity contribution in [3.63, 3.8) is 0 Å². The maximum atomic E-state index is 12.0. The minimum absolute atomic E-state index is 0.127. The normalized spacial score (nSPS) is 19.3. The second-order valence-corrected chi connectivity index (χ2v) is 9.44. The summed E-state index contributed by atoms with van der Waals surface area (Å²) in [7, 11) is 0. The summed E-state index contributed by atoms with van der Waals surface area (Å²) in [5.41, 5.74) is 3.06. The number of allylic oxidation sites excluding steroid dienone is 4. The van der Waals surface area contributed by atoms with Crippen LogP contribution >= 0.6 is 0 Å². The molecule has 0 aliphatic heterocycles. The lowest BCUT2D eigenvalue weighted by Crippen LogP contribution is -2.27. The van der Waals surface area contributed by atoms with Gasteiger partial charge in [-0.3, -0.25) is 4.79 Å². The first-order valence-corrected chi connectivity index (χ1v) is 13.0. The second kappa shape index (κ2) is 15.9. The molecule has 3 atom stereocenters. The van der Waals surface area contributed by atoms with Crippen molar-refractivity contribution in [2.45, 2.75) is 93.9 Å². The molecule has 0 bridgehead atoms. The molecule has 33 heavy (non-hydrogen) atoms. The Morgan fingerprint density at radius 1 is 1.18 bits per heavy atom. The van der Waals surface area contributed by atoms with Gasteiger partial charge in [0.2, 0.25) is 0 Å². The van der Waals surface area contributed by atoms with Gasteiger partial charge in [0.15, 0.2) is 0 Å². The molecule has 0 aromatic carbocycles. The Bertz CT molecular complexity index is 733. The lowest BCUT2D eigenvalue weighted by atomic mass is 9.97. The molecule has 5 nitrogen and oxygen atoms in total. The summed E-state index contributed by atoms with van der Waals surface area (Å²) in [6, 6.07) is 0. The molecule has 0 fully saturated rings. The fourth-order valence-electron chi connectivity index (χ4n) is 4.06. The van der Waals surface area contributed by atoms with E-state index >= 15 is 0 Å². The van der Waals surface area contributed by atoms with E-state index in [2.05, 4.69) is 57.4 Å². The fraction of sp³-hybridized carbons (Fsp3) is 0.714. The molecule has 2 N–H and O–H groups in total. The van der Waals surface area contributed by atoms with Crippen molar-refractivity contribution in [1.29, 1.82) is 0 Å². The van der Waals surface area contributed by atoms with Crippen LogP contribution in [0.5, 0.6) is 0 Å². The molecule has 0 spiro atoms. The highest BCUT2D eigenvalue weighted by molar-refractivity contribution is 6.03. The molecule has 0 saturated carbocycles. The largest absolute Gasteiger partial charge is 0.497 e. The van der Waals surface area contributed by atoms with E-state index in [-0.39, 0.29) is 11.7 Å². The summed E-state index contributed by atoms with van der Waals surface area (Å²) in [4.78, 5) is 16.9. The van der Waals surface area contributed by atoms with Gasteiger partial charge in [-0.2, -0.15) is 0 Å². The van der Waals surface area contributed by atoms with Crippen LogP contribution in [0, 0.1) is 17.8 Å². The average molecular weight is 460 g/mol. The predicted molar refractivity (Wildman–Crippen MR) is 141 cm³/mol. The van der Waals surface area contributed by atoms with E-state index in [1.54, 1.807) is 6.92 Å². The molecular weight excluding hydrogens is 410 g/mol. The van der Waals surface area contributed by atoms with Gasteiger partial charge in [0.05, 0.1) is 12.5 Å². The van der Waals surface area contributed by atoms with Gasteiger partial charge in [-0.05, 0) is 71.1 Å². The van der Waals surface area contributed by atoms with Crippen molar-refractivity contribution >= 4 is 11.5 Å². The van der Waals surface area contributed by atoms with Crippen LogP contribution in [-0.2, 0) is 9.53 Å². The van der Waals surface area contributed by atoms with Gasteiger partial charge in [0, 0.05) is 29.8 Å². The topological polar surface area (TPSA) is 62.7 Å². The summed E-state index contributed by atoms with van der Waals surface area (Å²) >= 11 is 0. The number of carbonyl (C=O) groups is 1. The summed E-state index contributed by atoms with van der Waals surface area (Å²) in [5, 5.41) is 7.08. The van der Waals surface area contributed by atoms with Crippen molar-refractivity contribution in [2.75, 3.05) is 19.7 Å². The van der Waals surface area contributed by atoms with Crippen molar-refractivity contribution in [2.24, 2.45) is 22.7 Å². The van der Waals surface area contributed by atoms with E-state index in [1.165, 1.54) is 18.4 Å². The summed E-state index contributed by atoms with van der Waals surface area (Å²) in [6.45, 7) is 19.4. The monoisotopic (exact) mass is 459 g/mol. The van der Waals surface area contributed by atoms with Crippen molar-refractivity contribution in [3.05, 3.63) is 35.0 Å². The van der Waals surface area contributed by atoms with E-state index in [0.717, 1.165) is 68.4 Å². The number of rotatable bonds is 16. The average Bonchev–Trinajstić information content (AvgIpc) is 2.78. The highest BCUT2D eigenvalue weighted by Crippen LogP contribution is 2.26. The Kier molecular flexibility index (Phi) is 14.0. The number of hydrogen-bond donors (Lipinski definition) is 2. The van der Waals surface area contributed by atoms with Crippen LogP contribution in [0.3, 0.4) is 0 Å². The number of nitrogens with one attached hydrogen (secondary N) is 2. The summed E-state index contributed by atoms with van der Waals surface area (Å²) in [5.74, 6) is 2.83. The Morgan fingerprint density at radius 2 is 1.91 bits per heavy atom. The second-order valence-electron chi connectivity index (χ2n) is 9.44. The van der Waals surface area contributed by atoms with Gasteiger partial charge >= 0.3 is 0 Å². The number of hydrogen-bond acceptors (Lipinski definition) is 5. The molecule has 0 aromatic rings. The van der Waals surface area contributed by atoms with E-state index in [9.17, 15) is 4.79 Å². The molecule has 2 unspecified atom stereocenters. The molecule has 1 rings (SSSR count). The molecule has 5 heteroatoms. The van der Waals surface area contributed by atoms with Crippen LogP contribution in [0.1, 0.15) is 93.9 Å². The number of ketones is 1. The molecule has 1 aliphatic rings. The van der Waals surface area contributed by atoms with Crippen LogP contribution in [-0.4, -0.2) is 31.2 Å². The van der Waals surface area contributed by atoms with Crippen molar-refractivity contribution in [3.8, 4) is 0 Å². The van der Waals surface area contributed by atoms with Crippen LogP contribution < -0.4 is 10.6 Å². The van der Waals surface area contributed by atoms with Crippen LogP contribution in [0.4, 0.5) is 0 Å². The zero-order valence-electron chi connectivity index (χ0n) is 22.5. The number of carbonyl (C=O) groups excluding carboxylic acids is 1. The van der Waals surface area contributed by atoms with Crippen LogP contribution in [0.15, 0.2) is 40.0 Å². The standard InChI is InChI=1S/C28H49N3O2/c1-9-13-24(18-29-16-10-2)19-33-27-17-25(15-14-21(27)6)31-28(20(5)11-3)30-22(7)26(12-4)23(8)32/h15,17,21,24,26,29,31H,9-14,16,18-19H2,1-8H3/b28-20+,30-22-/t21?,24-,26?/m1/s1. The Labute approximate surface area is 203 Å². The van der Waals surface area contributed by atoms with E-state index < -0.39 is 0 Å². The highest BCUT2D eigenvalue weighted by Gasteiger charge is 2.19. The zero-order chi connectivity index (χ0) is 24.8. The maximum Gasteiger partial charge on any atom is 0.138 e. The van der Waals surface area contributed by atoms with Gasteiger partial charge in [0.25, 0.3) is 0 Å². The minimum atomic E-state index is -0.127. The van der Waals surface area contributed by atoms with E-state index in [0.29, 0.717) is 11.8 Å². The quantitative estimate of drug-likeness (QED) is 0.203. The Morgan fingerprint density at radius 3 is 2.48 bits per heavy atom. The van der Waals surface area contributed by atoms with Gasteiger partial charge in [-0.1, -0.05) is 47.1 Å². The number of ether oxygens (including phenoxy) is 1. The Hall–Kier alpha value is -1.88. The van der Waals surface area contributed by atoms with E-state index in [1.807, 2.05) is 13.8 Å². The first kappa shape index (κ1) is 29.2. The van der Waals surface area contributed by atoms with E-state index in [4.69, 9.17) is 9.73 Å². The molecule has 0 aromatic heterocycles. The smallest absolute Gasteiger partial charge is 0.138 e. The SMILES string of the molecule is CCCNC[C@@H](CCC)COC1=CC(NC(/N=C(/C)C(CC)C(C)=O)=C(\C)CC)=CCC1C. The van der Waals surface area contributed by atoms with Gasteiger partial charge in [0.1, 0.15) is 17.4 Å². The maximum absolute atomic E-state index is 12.0. The molecule has 0 radical (unpaired) electrons. The van der Waals surface area contributed by atoms with Gasteiger partial charge in [-0.25, -0.2) is 4.99 Å². The van der Waals surface area contributed by atoms with Crippen molar-refractivity contribution in [1.82, 2.24) is 10.6 Å². The van der Waals surface area contributed by atoms with Crippen molar-refractivity contribution < 1.29 is 9.53 Å². The lowest BCUT2D eigenvalue weighted by molar-refractivity contribution is -0.118. The molecule has 0 saturated heterocycles. The van der Waals surface area contributed by atoms with Gasteiger partial charge in [-0.15, -0.1) is 0 Å². The summed E-state index contributed by atoms with van der Waals surface area (Å²) < 4.78 is 6.35. The fourth-order valence-corrected chi connectivity index (χ4v) is 4.06. The number of nitrogens with zero attached hydrogens (tertiary/aromatic N) is 1.